The molecular formula is C17H21NO. The highest BCUT2D eigenvalue weighted by Gasteiger charge is 2.03. The van der Waals surface area contributed by atoms with Gasteiger partial charge in [0.05, 0.1) is 0 Å². The van der Waals surface area contributed by atoms with Crippen LogP contribution in [0.3, 0.4) is 0 Å². The van der Waals surface area contributed by atoms with E-state index in [-0.39, 0.29) is 5.91 Å². The molecule has 0 saturated carbocycles. The lowest BCUT2D eigenvalue weighted by molar-refractivity contribution is -0.116. The maximum Gasteiger partial charge on any atom is 0.244 e. The number of rotatable bonds is 5. The van der Waals surface area contributed by atoms with Gasteiger partial charge >= 0.3 is 0 Å². The molecule has 0 spiro atoms. The van der Waals surface area contributed by atoms with Crippen LogP contribution in [0.2, 0.25) is 0 Å². The molecule has 1 amide bonds. The summed E-state index contributed by atoms with van der Waals surface area (Å²) in [5.41, 5.74) is 2.55. The lowest BCUT2D eigenvalue weighted by Gasteiger charge is -2.12. The zero-order valence-corrected chi connectivity index (χ0v) is 11.3. The molecule has 0 heterocycles. The Labute approximate surface area is 115 Å². The largest absolute Gasteiger partial charge is 0.352 e. The van der Waals surface area contributed by atoms with Crippen LogP contribution in [-0.2, 0) is 4.79 Å². The third-order valence-electron chi connectivity index (χ3n) is 3.36. The van der Waals surface area contributed by atoms with Crippen molar-refractivity contribution in [3.63, 3.8) is 0 Å². The lowest BCUT2D eigenvalue weighted by atomic mass is 9.97. The molecular weight excluding hydrogens is 234 g/mol. The molecule has 0 radical (unpaired) electrons. The molecule has 1 aliphatic rings. The third-order valence-corrected chi connectivity index (χ3v) is 3.36. The summed E-state index contributed by atoms with van der Waals surface area (Å²) in [5, 5.41) is 2.93. The van der Waals surface area contributed by atoms with Gasteiger partial charge in [-0.2, -0.15) is 0 Å². The van der Waals surface area contributed by atoms with Gasteiger partial charge in [-0.25, -0.2) is 0 Å². The Kier molecular flexibility index (Phi) is 5.42. The zero-order valence-electron chi connectivity index (χ0n) is 11.3. The number of benzene rings is 1. The van der Waals surface area contributed by atoms with Crippen LogP contribution in [-0.4, -0.2) is 12.5 Å². The number of hydrogen-bond acceptors (Lipinski definition) is 1. The smallest absolute Gasteiger partial charge is 0.244 e. The third kappa shape index (κ3) is 5.12. The first-order chi connectivity index (χ1) is 9.34. The predicted molar refractivity (Wildman–Crippen MR) is 79.7 cm³/mol. The van der Waals surface area contributed by atoms with Gasteiger partial charge < -0.3 is 5.32 Å². The molecule has 0 unspecified atom stereocenters. The molecule has 0 atom stereocenters. The maximum atomic E-state index is 11.6. The van der Waals surface area contributed by atoms with Gasteiger partial charge in [0.2, 0.25) is 5.91 Å². The molecule has 0 saturated heterocycles. The fraction of sp³-hybridized carbons (Fsp3) is 0.353. The van der Waals surface area contributed by atoms with Crippen molar-refractivity contribution in [1.82, 2.24) is 5.32 Å². The van der Waals surface area contributed by atoms with Crippen LogP contribution >= 0.6 is 0 Å². The average molecular weight is 255 g/mol. The standard InChI is InChI=1S/C17H21NO/c19-17(12-11-15-7-3-1-4-8-15)18-14-13-16-9-5-2-6-10-16/h1,3-4,7-9,11-12H,2,5-6,10,13-14H2,(H,18,19). The number of carbonyl (C=O) groups is 1. The summed E-state index contributed by atoms with van der Waals surface area (Å²) in [4.78, 5) is 11.6. The highest BCUT2D eigenvalue weighted by Crippen LogP contribution is 2.19. The molecule has 100 valence electrons. The fourth-order valence-electron chi connectivity index (χ4n) is 2.27. The summed E-state index contributed by atoms with van der Waals surface area (Å²) in [6, 6.07) is 9.86. The molecule has 19 heavy (non-hydrogen) atoms. The van der Waals surface area contributed by atoms with Crippen LogP contribution in [0, 0.1) is 0 Å². The van der Waals surface area contributed by atoms with Crippen molar-refractivity contribution in [3.05, 3.63) is 53.6 Å². The van der Waals surface area contributed by atoms with Crippen molar-refractivity contribution in [3.8, 4) is 0 Å². The maximum absolute atomic E-state index is 11.6. The van der Waals surface area contributed by atoms with E-state index < -0.39 is 0 Å². The van der Waals surface area contributed by atoms with Gasteiger partial charge in [-0.15, -0.1) is 0 Å². The van der Waals surface area contributed by atoms with Crippen molar-refractivity contribution in [2.45, 2.75) is 32.1 Å². The predicted octanol–water partition coefficient (Wildman–Crippen LogP) is 3.71. The van der Waals surface area contributed by atoms with Gasteiger partial charge in [0.1, 0.15) is 0 Å². The van der Waals surface area contributed by atoms with Crippen LogP contribution in [0.4, 0.5) is 0 Å². The second kappa shape index (κ2) is 7.57. The summed E-state index contributed by atoms with van der Waals surface area (Å²) in [7, 11) is 0. The van der Waals surface area contributed by atoms with Crippen molar-refractivity contribution < 1.29 is 4.79 Å². The first kappa shape index (κ1) is 13.6. The van der Waals surface area contributed by atoms with E-state index in [1.807, 2.05) is 36.4 Å². The van der Waals surface area contributed by atoms with E-state index in [2.05, 4.69) is 11.4 Å². The van der Waals surface area contributed by atoms with Crippen LogP contribution in [0.5, 0.6) is 0 Å². The van der Waals surface area contributed by atoms with Crippen molar-refractivity contribution in [1.29, 1.82) is 0 Å². The van der Waals surface area contributed by atoms with Crippen LogP contribution < -0.4 is 5.32 Å². The van der Waals surface area contributed by atoms with E-state index in [4.69, 9.17) is 0 Å². The minimum Gasteiger partial charge on any atom is -0.352 e. The van der Waals surface area contributed by atoms with E-state index in [1.54, 1.807) is 6.08 Å². The summed E-state index contributed by atoms with van der Waals surface area (Å²) >= 11 is 0. The topological polar surface area (TPSA) is 29.1 Å². The number of carbonyl (C=O) groups excluding carboxylic acids is 1. The van der Waals surface area contributed by atoms with Gasteiger partial charge in [-0.3, -0.25) is 4.79 Å². The average Bonchev–Trinajstić information content (AvgIpc) is 2.47. The van der Waals surface area contributed by atoms with Gasteiger partial charge in [-0.05, 0) is 43.7 Å². The minimum absolute atomic E-state index is 0.0136. The zero-order chi connectivity index (χ0) is 13.3. The molecule has 2 heteroatoms. The number of hydrogen-bond donors (Lipinski definition) is 1. The molecule has 2 rings (SSSR count). The quantitative estimate of drug-likeness (QED) is 0.630. The van der Waals surface area contributed by atoms with E-state index in [0.29, 0.717) is 0 Å². The molecule has 0 bridgehead atoms. The van der Waals surface area contributed by atoms with E-state index in [1.165, 1.54) is 31.3 Å². The summed E-state index contributed by atoms with van der Waals surface area (Å²) in [5.74, 6) is -0.0136. The molecule has 0 aromatic heterocycles. The second-order valence-corrected chi connectivity index (χ2v) is 4.89. The lowest BCUT2D eigenvalue weighted by Crippen LogP contribution is -2.22. The normalized spacial score (nSPS) is 15.3. The molecule has 0 aliphatic heterocycles. The SMILES string of the molecule is O=C(C=Cc1ccccc1)NCCC1=CCCCC1. The van der Waals surface area contributed by atoms with Gasteiger partial charge in [0, 0.05) is 12.6 Å². The second-order valence-electron chi connectivity index (χ2n) is 4.89. The Morgan fingerprint density at radius 2 is 2.05 bits per heavy atom. The van der Waals surface area contributed by atoms with Crippen LogP contribution in [0.1, 0.15) is 37.7 Å². The Hall–Kier alpha value is -1.83. The molecule has 0 fully saturated rings. The first-order valence-corrected chi connectivity index (χ1v) is 7.03. The summed E-state index contributed by atoms with van der Waals surface area (Å²) in [6.07, 6.45) is 11.8. The van der Waals surface area contributed by atoms with Crippen molar-refractivity contribution in [2.75, 3.05) is 6.54 Å². The van der Waals surface area contributed by atoms with Crippen molar-refractivity contribution in [2.24, 2.45) is 0 Å². The molecule has 2 nitrogen and oxygen atoms in total. The van der Waals surface area contributed by atoms with Crippen LogP contribution in [0.25, 0.3) is 6.08 Å². The molecule has 1 aromatic carbocycles. The summed E-state index contributed by atoms with van der Waals surface area (Å²) in [6.45, 7) is 0.740. The van der Waals surface area contributed by atoms with E-state index in [9.17, 15) is 4.79 Å². The Bertz CT molecular complexity index is 459. The monoisotopic (exact) mass is 255 g/mol. The fourth-order valence-corrected chi connectivity index (χ4v) is 2.27. The van der Waals surface area contributed by atoms with Gasteiger partial charge in [0.25, 0.3) is 0 Å². The highest BCUT2D eigenvalue weighted by atomic mass is 16.1. The molecule has 1 N–H and O–H groups in total. The Morgan fingerprint density at radius 1 is 1.21 bits per heavy atom. The van der Waals surface area contributed by atoms with Crippen LogP contribution in [0.15, 0.2) is 48.1 Å². The molecule has 1 aliphatic carbocycles. The number of nitrogens with one attached hydrogen (secondary N) is 1. The molecule has 1 aromatic rings. The number of amides is 1. The van der Waals surface area contributed by atoms with Crippen molar-refractivity contribution >= 4 is 12.0 Å². The van der Waals surface area contributed by atoms with E-state index >= 15 is 0 Å². The Balaban J connectivity index is 1.70. The van der Waals surface area contributed by atoms with Gasteiger partial charge in [0.15, 0.2) is 0 Å². The van der Waals surface area contributed by atoms with E-state index in [0.717, 1.165) is 18.5 Å². The van der Waals surface area contributed by atoms with Gasteiger partial charge in [-0.1, -0.05) is 42.0 Å². The number of allylic oxidation sites excluding steroid dienone is 1. The summed E-state index contributed by atoms with van der Waals surface area (Å²) < 4.78 is 0. The Morgan fingerprint density at radius 3 is 2.79 bits per heavy atom. The highest BCUT2D eigenvalue weighted by molar-refractivity contribution is 5.91. The minimum atomic E-state index is -0.0136. The first-order valence-electron chi connectivity index (χ1n) is 7.03.